The van der Waals surface area contributed by atoms with E-state index in [-0.39, 0.29) is 5.84 Å². The number of nitrogens with two attached hydrogens (primary N) is 1. The Hall–Kier alpha value is -1.62. The zero-order valence-electron chi connectivity index (χ0n) is 10.3. The third kappa shape index (κ3) is 4.71. The first-order valence-corrected chi connectivity index (χ1v) is 6.09. The van der Waals surface area contributed by atoms with Crippen LogP contribution in [0.15, 0.2) is 23.4 Å². The summed E-state index contributed by atoms with van der Waals surface area (Å²) < 4.78 is 5.07. The maximum absolute atomic E-state index is 8.37. The van der Waals surface area contributed by atoms with Crippen LogP contribution in [0.1, 0.15) is 19.3 Å². The average molecular weight is 272 g/mol. The van der Waals surface area contributed by atoms with Crippen molar-refractivity contribution in [2.45, 2.75) is 19.3 Å². The minimum Gasteiger partial charge on any atom is -0.495 e. The number of benzene rings is 1. The maximum Gasteiger partial charge on any atom is 0.139 e. The summed E-state index contributed by atoms with van der Waals surface area (Å²) in [4.78, 5) is 0. The molecule has 1 rings (SSSR count). The summed E-state index contributed by atoms with van der Waals surface area (Å²) in [5.74, 6) is 0.927. The summed E-state index contributed by atoms with van der Waals surface area (Å²) in [7, 11) is 1.58. The minimum atomic E-state index is 0.266. The molecular weight excluding hydrogens is 254 g/mol. The van der Waals surface area contributed by atoms with Gasteiger partial charge in [-0.15, -0.1) is 0 Å². The van der Waals surface area contributed by atoms with Gasteiger partial charge in [0.15, 0.2) is 0 Å². The summed E-state index contributed by atoms with van der Waals surface area (Å²) in [6.45, 7) is 0.807. The molecule has 0 bridgehead atoms. The van der Waals surface area contributed by atoms with Crippen LogP contribution < -0.4 is 15.8 Å². The number of hydrogen-bond donors (Lipinski definition) is 3. The van der Waals surface area contributed by atoms with E-state index in [4.69, 9.17) is 27.3 Å². The third-order valence-corrected chi connectivity index (χ3v) is 2.76. The quantitative estimate of drug-likeness (QED) is 0.234. The topological polar surface area (TPSA) is 79.9 Å². The van der Waals surface area contributed by atoms with E-state index in [1.807, 2.05) is 18.2 Å². The number of oxime groups is 1. The molecule has 0 radical (unpaired) electrons. The van der Waals surface area contributed by atoms with E-state index in [1.54, 1.807) is 7.11 Å². The van der Waals surface area contributed by atoms with Gasteiger partial charge in [-0.3, -0.25) is 0 Å². The predicted octanol–water partition coefficient (Wildman–Crippen LogP) is 2.68. The molecule has 6 heteroatoms. The van der Waals surface area contributed by atoms with Crippen LogP contribution in [-0.2, 0) is 0 Å². The van der Waals surface area contributed by atoms with Crippen LogP contribution in [-0.4, -0.2) is 24.7 Å². The second-order valence-electron chi connectivity index (χ2n) is 3.82. The van der Waals surface area contributed by atoms with Gasteiger partial charge in [0.1, 0.15) is 11.6 Å². The lowest BCUT2D eigenvalue weighted by Crippen LogP contribution is -2.11. The monoisotopic (exact) mass is 271 g/mol. The zero-order chi connectivity index (χ0) is 13.4. The maximum atomic E-state index is 8.37. The largest absolute Gasteiger partial charge is 0.495 e. The van der Waals surface area contributed by atoms with Gasteiger partial charge < -0.3 is 21.0 Å². The number of methoxy groups -OCH3 is 1. The molecular formula is C12H18ClN3O2. The number of unbranched alkanes of at least 4 members (excludes halogenated alkanes) is 1. The molecule has 1 aromatic rings. The second-order valence-corrected chi connectivity index (χ2v) is 4.23. The lowest BCUT2D eigenvalue weighted by Gasteiger charge is -2.08. The average Bonchev–Trinajstić information content (AvgIpc) is 2.38. The van der Waals surface area contributed by atoms with Crippen molar-refractivity contribution >= 4 is 23.1 Å². The highest BCUT2D eigenvalue weighted by Gasteiger charge is 2.01. The Morgan fingerprint density at radius 2 is 2.28 bits per heavy atom. The smallest absolute Gasteiger partial charge is 0.139 e. The van der Waals surface area contributed by atoms with Crippen molar-refractivity contribution in [2.24, 2.45) is 10.9 Å². The molecule has 0 atom stereocenters. The van der Waals surface area contributed by atoms with E-state index >= 15 is 0 Å². The van der Waals surface area contributed by atoms with E-state index in [2.05, 4.69) is 10.5 Å². The number of hydrogen-bond acceptors (Lipinski definition) is 4. The normalized spacial score (nSPS) is 11.3. The van der Waals surface area contributed by atoms with Crippen molar-refractivity contribution in [3.05, 3.63) is 23.2 Å². The van der Waals surface area contributed by atoms with Gasteiger partial charge in [-0.05, 0) is 31.0 Å². The van der Waals surface area contributed by atoms with Gasteiger partial charge in [0, 0.05) is 18.7 Å². The standard InChI is InChI=1S/C12H18ClN3O2/c1-18-11-6-5-9(8-10(11)13)15-7-3-2-4-12(14)16-17/h5-6,8,15,17H,2-4,7H2,1H3,(H2,14,16). The number of ether oxygens (including phenoxy) is 1. The fraction of sp³-hybridized carbons (Fsp3) is 0.417. The number of rotatable bonds is 7. The summed E-state index contributed by atoms with van der Waals surface area (Å²) >= 11 is 6.00. The lowest BCUT2D eigenvalue weighted by atomic mass is 10.2. The van der Waals surface area contributed by atoms with Crippen LogP contribution in [0.4, 0.5) is 5.69 Å². The predicted molar refractivity (Wildman–Crippen MR) is 73.8 cm³/mol. The van der Waals surface area contributed by atoms with E-state index in [9.17, 15) is 0 Å². The number of nitrogens with zero attached hydrogens (tertiary/aromatic N) is 1. The zero-order valence-corrected chi connectivity index (χ0v) is 11.1. The molecule has 0 unspecified atom stereocenters. The molecule has 0 aliphatic heterocycles. The molecule has 0 amide bonds. The molecule has 5 nitrogen and oxygen atoms in total. The van der Waals surface area contributed by atoms with Gasteiger partial charge in [0.25, 0.3) is 0 Å². The van der Waals surface area contributed by atoms with Crippen molar-refractivity contribution in [1.82, 2.24) is 0 Å². The molecule has 0 spiro atoms. The van der Waals surface area contributed by atoms with Crippen LogP contribution in [0.5, 0.6) is 5.75 Å². The summed E-state index contributed by atoms with van der Waals surface area (Å²) in [6, 6.07) is 5.55. The first-order chi connectivity index (χ1) is 8.67. The van der Waals surface area contributed by atoms with Gasteiger partial charge in [-0.25, -0.2) is 0 Å². The van der Waals surface area contributed by atoms with Crippen LogP contribution in [0.2, 0.25) is 5.02 Å². The van der Waals surface area contributed by atoms with Gasteiger partial charge >= 0.3 is 0 Å². The number of nitrogens with one attached hydrogen (secondary N) is 1. The summed E-state index contributed by atoms with van der Waals surface area (Å²) in [6.07, 6.45) is 2.40. The Kier molecular flexibility index (Phi) is 6.14. The molecule has 0 saturated carbocycles. The number of anilines is 1. The molecule has 18 heavy (non-hydrogen) atoms. The van der Waals surface area contributed by atoms with E-state index in [0.29, 0.717) is 17.2 Å². The van der Waals surface area contributed by atoms with Crippen molar-refractivity contribution in [3.8, 4) is 5.75 Å². The molecule has 0 saturated heterocycles. The van der Waals surface area contributed by atoms with Crippen LogP contribution in [0.3, 0.4) is 0 Å². The number of halogens is 1. The van der Waals surface area contributed by atoms with Gasteiger partial charge in [-0.1, -0.05) is 16.8 Å². The molecule has 1 aromatic carbocycles. The fourth-order valence-electron chi connectivity index (χ4n) is 1.49. The van der Waals surface area contributed by atoms with Crippen LogP contribution >= 0.6 is 11.6 Å². The molecule has 100 valence electrons. The van der Waals surface area contributed by atoms with E-state index in [0.717, 1.165) is 25.1 Å². The molecule has 0 heterocycles. The molecule has 0 aliphatic rings. The van der Waals surface area contributed by atoms with Crippen LogP contribution in [0, 0.1) is 0 Å². The van der Waals surface area contributed by atoms with Gasteiger partial charge in [0.05, 0.1) is 12.1 Å². The Morgan fingerprint density at radius 3 is 2.89 bits per heavy atom. The van der Waals surface area contributed by atoms with E-state index in [1.165, 1.54) is 0 Å². The molecule has 4 N–H and O–H groups in total. The highest BCUT2D eigenvalue weighted by atomic mass is 35.5. The fourth-order valence-corrected chi connectivity index (χ4v) is 1.75. The van der Waals surface area contributed by atoms with Gasteiger partial charge in [-0.2, -0.15) is 0 Å². The van der Waals surface area contributed by atoms with Gasteiger partial charge in [0.2, 0.25) is 0 Å². The van der Waals surface area contributed by atoms with E-state index < -0.39 is 0 Å². The van der Waals surface area contributed by atoms with Crippen molar-refractivity contribution in [3.63, 3.8) is 0 Å². The first-order valence-electron chi connectivity index (χ1n) is 5.71. The SMILES string of the molecule is COc1ccc(NCCCCC(N)=NO)cc1Cl. The Labute approximate surface area is 112 Å². The minimum absolute atomic E-state index is 0.266. The third-order valence-electron chi connectivity index (χ3n) is 2.47. The first kappa shape index (κ1) is 14.4. The van der Waals surface area contributed by atoms with Crippen molar-refractivity contribution < 1.29 is 9.94 Å². The van der Waals surface area contributed by atoms with Crippen LogP contribution in [0.25, 0.3) is 0 Å². The highest BCUT2D eigenvalue weighted by molar-refractivity contribution is 6.32. The second kappa shape index (κ2) is 7.66. The molecule has 0 aromatic heterocycles. The Balaban J connectivity index is 2.29. The Bertz CT molecular complexity index is 410. The molecule has 0 aliphatic carbocycles. The Morgan fingerprint density at radius 1 is 1.50 bits per heavy atom. The summed E-state index contributed by atoms with van der Waals surface area (Å²) in [5, 5.41) is 15.1. The highest BCUT2D eigenvalue weighted by Crippen LogP contribution is 2.27. The lowest BCUT2D eigenvalue weighted by molar-refractivity contribution is 0.316. The summed E-state index contributed by atoms with van der Waals surface area (Å²) in [5.41, 5.74) is 6.32. The molecule has 0 fully saturated rings. The number of amidine groups is 1. The van der Waals surface area contributed by atoms with Crippen molar-refractivity contribution in [1.29, 1.82) is 0 Å². The van der Waals surface area contributed by atoms with Crippen molar-refractivity contribution in [2.75, 3.05) is 19.0 Å².